The zero-order chi connectivity index (χ0) is 23.1. The number of benzene rings is 1. The average Bonchev–Trinajstić information content (AvgIpc) is 3.45. The summed E-state index contributed by atoms with van der Waals surface area (Å²) in [7, 11) is 0. The third kappa shape index (κ3) is 4.70. The summed E-state index contributed by atoms with van der Waals surface area (Å²) in [5.74, 6) is -2.60. The first-order valence-corrected chi connectivity index (χ1v) is 11.2. The van der Waals surface area contributed by atoms with Gasteiger partial charge in [0.05, 0.1) is 6.42 Å². The molecule has 2 atom stereocenters. The fourth-order valence-corrected chi connectivity index (χ4v) is 5.56. The van der Waals surface area contributed by atoms with E-state index in [1.165, 1.54) is 0 Å². The van der Waals surface area contributed by atoms with Gasteiger partial charge in [0.1, 0.15) is 0 Å². The van der Waals surface area contributed by atoms with Crippen LogP contribution < -0.4 is 0 Å². The Bertz CT molecular complexity index is 886. The van der Waals surface area contributed by atoms with Crippen molar-refractivity contribution in [3.05, 3.63) is 41.5 Å². The van der Waals surface area contributed by atoms with Crippen molar-refractivity contribution < 1.29 is 27.9 Å². The van der Waals surface area contributed by atoms with Gasteiger partial charge in [0, 0.05) is 37.6 Å². The summed E-state index contributed by atoms with van der Waals surface area (Å²) >= 11 is 0. The van der Waals surface area contributed by atoms with Gasteiger partial charge in [0.15, 0.2) is 0 Å². The van der Waals surface area contributed by atoms with E-state index in [4.69, 9.17) is 5.11 Å². The fourth-order valence-electron chi connectivity index (χ4n) is 5.56. The second-order valence-corrected chi connectivity index (χ2v) is 9.52. The maximum atomic E-state index is 13.4. The van der Waals surface area contributed by atoms with E-state index < -0.39 is 30.1 Å². The Labute approximate surface area is 185 Å². The fraction of sp³-hybridized carbons (Fsp3) is 0.583. The number of alkyl halides is 3. The van der Waals surface area contributed by atoms with Crippen molar-refractivity contribution in [2.24, 2.45) is 11.3 Å². The van der Waals surface area contributed by atoms with E-state index in [0.717, 1.165) is 22.5 Å². The first-order valence-electron chi connectivity index (χ1n) is 11.2. The van der Waals surface area contributed by atoms with Gasteiger partial charge in [-0.15, -0.1) is 0 Å². The topological polar surface area (TPSA) is 60.9 Å². The van der Waals surface area contributed by atoms with E-state index >= 15 is 0 Å². The molecule has 32 heavy (non-hydrogen) atoms. The van der Waals surface area contributed by atoms with E-state index in [1.807, 2.05) is 48.2 Å². The Morgan fingerprint density at radius 3 is 2.44 bits per heavy atom. The Morgan fingerprint density at radius 1 is 1.22 bits per heavy atom. The van der Waals surface area contributed by atoms with E-state index in [0.29, 0.717) is 38.9 Å². The molecule has 2 unspecified atom stereocenters. The van der Waals surface area contributed by atoms with Crippen LogP contribution in [0.2, 0.25) is 0 Å². The van der Waals surface area contributed by atoms with Gasteiger partial charge < -0.3 is 14.9 Å². The van der Waals surface area contributed by atoms with Gasteiger partial charge in [-0.05, 0) is 36.7 Å². The third-order valence-corrected chi connectivity index (χ3v) is 7.12. The average molecular weight is 451 g/mol. The summed E-state index contributed by atoms with van der Waals surface area (Å²) in [6.07, 6.45) is -0.347. The molecule has 1 aromatic carbocycles. The maximum Gasteiger partial charge on any atom is 0.471 e. The molecule has 4 rings (SSSR count). The van der Waals surface area contributed by atoms with Crippen LogP contribution in [0.5, 0.6) is 0 Å². The van der Waals surface area contributed by atoms with Crippen LogP contribution in [0.15, 0.2) is 35.9 Å². The number of amides is 1. The Balaban J connectivity index is 1.42. The number of nitrogens with zero attached hydrogens (tertiary/aromatic N) is 2. The predicted molar refractivity (Wildman–Crippen MR) is 114 cm³/mol. The molecule has 8 heteroatoms. The highest BCUT2D eigenvalue weighted by molar-refractivity contribution is 5.83. The number of carboxylic acid groups (broad SMARTS) is 1. The lowest BCUT2D eigenvalue weighted by molar-refractivity contribution is -0.197. The summed E-state index contributed by atoms with van der Waals surface area (Å²) < 4.78 is 40.3. The van der Waals surface area contributed by atoms with Crippen molar-refractivity contribution in [2.45, 2.75) is 57.3 Å². The van der Waals surface area contributed by atoms with Crippen molar-refractivity contribution in [3.63, 3.8) is 0 Å². The molecule has 0 aromatic heterocycles. The Hall–Kier alpha value is -2.35. The molecule has 2 aliphatic carbocycles. The molecule has 3 aliphatic rings. The van der Waals surface area contributed by atoms with Crippen LogP contribution in [0.4, 0.5) is 13.2 Å². The van der Waals surface area contributed by atoms with E-state index in [9.17, 15) is 22.8 Å². The van der Waals surface area contributed by atoms with Crippen LogP contribution in [-0.4, -0.2) is 64.7 Å². The van der Waals surface area contributed by atoms with Crippen LogP contribution in [0, 0.1) is 11.3 Å². The second kappa shape index (κ2) is 8.54. The lowest BCUT2D eigenvalue weighted by Gasteiger charge is -2.61. The van der Waals surface area contributed by atoms with Crippen molar-refractivity contribution in [1.29, 1.82) is 0 Å². The smallest absolute Gasteiger partial charge is 0.471 e. The quantitative estimate of drug-likeness (QED) is 0.645. The van der Waals surface area contributed by atoms with Gasteiger partial charge >= 0.3 is 18.1 Å². The summed E-state index contributed by atoms with van der Waals surface area (Å²) in [5, 5.41) is 8.80. The number of carboxylic acids is 1. The highest BCUT2D eigenvalue weighted by atomic mass is 19.4. The first kappa shape index (κ1) is 22.8. The summed E-state index contributed by atoms with van der Waals surface area (Å²) in [5.41, 5.74) is 2.03. The minimum absolute atomic E-state index is 0.0310. The standard InChI is InChI=1S/C24H29F3N2O3/c1-2-17(10-16-6-4-3-5-7-16)19-11-20(19)29(22(32)24(25,26)27)18-12-23(13-18)14-28(15-23)9-8-21(30)31/h3-7,10,18-20H,2,8-9,11-15H2,1H3,(H,30,31)/b17-10+. The number of likely N-dealkylation sites (tertiary alicyclic amines) is 1. The van der Waals surface area contributed by atoms with Gasteiger partial charge in [0.2, 0.25) is 0 Å². The largest absolute Gasteiger partial charge is 0.481 e. The third-order valence-electron chi connectivity index (χ3n) is 7.12. The molecular formula is C24H29F3N2O3. The number of halogens is 3. The molecule has 1 saturated heterocycles. The molecule has 0 bridgehead atoms. The van der Waals surface area contributed by atoms with E-state index in [-0.39, 0.29) is 17.8 Å². The summed E-state index contributed by atoms with van der Waals surface area (Å²) in [6.45, 7) is 3.86. The number of carbonyl (C=O) groups excluding carboxylic acids is 1. The van der Waals surface area contributed by atoms with Crippen LogP contribution in [0.3, 0.4) is 0 Å². The zero-order valence-corrected chi connectivity index (χ0v) is 18.1. The van der Waals surface area contributed by atoms with Gasteiger partial charge in [-0.3, -0.25) is 9.59 Å². The lowest BCUT2D eigenvalue weighted by atomic mass is 9.60. The minimum atomic E-state index is -4.88. The molecular weight excluding hydrogens is 421 g/mol. The molecule has 2 saturated carbocycles. The Kier molecular flexibility index (Phi) is 6.09. The molecule has 1 N–H and O–H groups in total. The first-order chi connectivity index (χ1) is 15.1. The molecule has 5 nitrogen and oxygen atoms in total. The SMILES string of the molecule is CC/C(=C\c1ccccc1)C1CC1N(C(=O)C(F)(F)F)C1CC2(C1)CN(CCC(=O)O)C2. The number of aliphatic carboxylic acids is 1. The zero-order valence-electron chi connectivity index (χ0n) is 18.1. The van der Waals surface area contributed by atoms with Crippen molar-refractivity contribution in [1.82, 2.24) is 9.80 Å². The van der Waals surface area contributed by atoms with Crippen molar-refractivity contribution >= 4 is 18.0 Å². The number of rotatable bonds is 8. The molecule has 0 radical (unpaired) electrons. The van der Waals surface area contributed by atoms with Gasteiger partial charge in [-0.2, -0.15) is 13.2 Å². The van der Waals surface area contributed by atoms with Crippen LogP contribution in [0.25, 0.3) is 6.08 Å². The molecule has 174 valence electrons. The number of hydrogen-bond donors (Lipinski definition) is 1. The van der Waals surface area contributed by atoms with Gasteiger partial charge in [0.25, 0.3) is 0 Å². The van der Waals surface area contributed by atoms with Crippen LogP contribution in [0.1, 0.15) is 44.6 Å². The van der Waals surface area contributed by atoms with Crippen molar-refractivity contribution in [2.75, 3.05) is 19.6 Å². The van der Waals surface area contributed by atoms with Gasteiger partial charge in [-0.1, -0.05) is 48.9 Å². The second-order valence-electron chi connectivity index (χ2n) is 9.52. The molecule has 1 spiro atoms. The maximum absolute atomic E-state index is 13.4. The molecule has 3 fully saturated rings. The predicted octanol–water partition coefficient (Wildman–Crippen LogP) is 4.20. The van der Waals surface area contributed by atoms with E-state index in [2.05, 4.69) is 0 Å². The normalized spacial score (nSPS) is 25.2. The molecule has 1 heterocycles. The van der Waals surface area contributed by atoms with Gasteiger partial charge in [-0.25, -0.2) is 0 Å². The van der Waals surface area contributed by atoms with E-state index in [1.54, 1.807) is 0 Å². The lowest BCUT2D eigenvalue weighted by Crippen LogP contribution is -2.68. The molecule has 1 amide bonds. The van der Waals surface area contributed by atoms with Crippen LogP contribution in [-0.2, 0) is 9.59 Å². The minimum Gasteiger partial charge on any atom is -0.481 e. The Morgan fingerprint density at radius 2 is 1.88 bits per heavy atom. The van der Waals surface area contributed by atoms with Crippen LogP contribution >= 0.6 is 0 Å². The number of hydrogen-bond acceptors (Lipinski definition) is 3. The highest BCUT2D eigenvalue weighted by Gasteiger charge is 2.60. The van der Waals surface area contributed by atoms with Crippen molar-refractivity contribution in [3.8, 4) is 0 Å². The molecule has 1 aliphatic heterocycles. The number of carbonyl (C=O) groups is 2. The monoisotopic (exact) mass is 450 g/mol. The highest BCUT2D eigenvalue weighted by Crippen LogP contribution is 2.54. The summed E-state index contributed by atoms with van der Waals surface area (Å²) in [4.78, 5) is 26.2. The molecule has 1 aromatic rings. The summed E-state index contributed by atoms with van der Waals surface area (Å²) in [6, 6.07) is 8.91.